The minimum Gasteiger partial charge on any atom is -0.390 e. The maximum absolute atomic E-state index is 12.0. The maximum Gasteiger partial charge on any atom is 0.266 e. The van der Waals surface area contributed by atoms with E-state index < -0.39 is 27.8 Å². The Morgan fingerprint density at radius 2 is 1.88 bits per heavy atom. The van der Waals surface area contributed by atoms with Gasteiger partial charge in [-0.25, -0.2) is 13.1 Å². The number of sulfonamides is 1. The van der Waals surface area contributed by atoms with Gasteiger partial charge in [-0.1, -0.05) is 23.7 Å². The molecule has 0 saturated carbocycles. The van der Waals surface area contributed by atoms with Crippen LogP contribution in [0.3, 0.4) is 0 Å². The number of amides is 1. The topological polar surface area (TPSA) is 117 Å². The summed E-state index contributed by atoms with van der Waals surface area (Å²) >= 11 is 5.73. The number of hydrogen-bond donors (Lipinski definition) is 3. The Morgan fingerprint density at radius 1 is 1.21 bits per heavy atom. The summed E-state index contributed by atoms with van der Waals surface area (Å²) in [6.07, 6.45) is -0.145. The SMILES string of the molecule is O=C(NS(=O)(=O)CC(O)c1ccc(Cl)cc1)c1ccc(CO)nc1. The minimum atomic E-state index is -4.06. The highest BCUT2D eigenvalue weighted by Crippen LogP contribution is 2.17. The summed E-state index contributed by atoms with van der Waals surface area (Å²) in [7, 11) is -4.06. The van der Waals surface area contributed by atoms with Gasteiger partial charge >= 0.3 is 0 Å². The lowest BCUT2D eigenvalue weighted by Gasteiger charge is -2.12. The minimum absolute atomic E-state index is 0.0248. The molecule has 0 saturated heterocycles. The van der Waals surface area contributed by atoms with Crippen LogP contribution in [0.25, 0.3) is 0 Å². The maximum atomic E-state index is 12.0. The predicted octanol–water partition coefficient (Wildman–Crippen LogP) is 1.02. The van der Waals surface area contributed by atoms with Crippen LogP contribution in [-0.4, -0.2) is 35.3 Å². The van der Waals surface area contributed by atoms with E-state index in [9.17, 15) is 18.3 Å². The van der Waals surface area contributed by atoms with Gasteiger partial charge in [-0.3, -0.25) is 9.78 Å². The molecule has 0 radical (unpaired) electrons. The van der Waals surface area contributed by atoms with Crippen LogP contribution in [0, 0.1) is 0 Å². The highest BCUT2D eigenvalue weighted by atomic mass is 35.5. The Morgan fingerprint density at radius 3 is 2.42 bits per heavy atom. The highest BCUT2D eigenvalue weighted by molar-refractivity contribution is 7.90. The molecule has 1 unspecified atom stereocenters. The molecule has 0 aliphatic rings. The average Bonchev–Trinajstić information content (AvgIpc) is 2.54. The molecule has 1 atom stereocenters. The smallest absolute Gasteiger partial charge is 0.266 e. The van der Waals surface area contributed by atoms with E-state index in [0.717, 1.165) is 6.20 Å². The Hall–Kier alpha value is -2.00. The van der Waals surface area contributed by atoms with Crippen molar-refractivity contribution in [3.8, 4) is 0 Å². The first-order valence-corrected chi connectivity index (χ1v) is 8.88. The van der Waals surface area contributed by atoms with E-state index in [1.807, 2.05) is 4.72 Å². The van der Waals surface area contributed by atoms with Crippen LogP contribution in [0.5, 0.6) is 0 Å². The van der Waals surface area contributed by atoms with Crippen molar-refractivity contribution in [2.75, 3.05) is 5.75 Å². The summed E-state index contributed by atoms with van der Waals surface area (Å²) in [5.41, 5.74) is 0.746. The molecule has 0 bridgehead atoms. The number of halogens is 1. The van der Waals surface area contributed by atoms with Gasteiger partial charge in [0.25, 0.3) is 5.91 Å². The van der Waals surface area contributed by atoms with Crippen LogP contribution >= 0.6 is 11.6 Å². The van der Waals surface area contributed by atoms with Crippen molar-refractivity contribution >= 4 is 27.5 Å². The van der Waals surface area contributed by atoms with Gasteiger partial charge in [0.05, 0.1) is 29.7 Å². The summed E-state index contributed by atoms with van der Waals surface area (Å²) in [5.74, 6) is -1.54. The van der Waals surface area contributed by atoms with Crippen molar-refractivity contribution < 1.29 is 23.4 Å². The number of nitrogens with zero attached hydrogens (tertiary/aromatic N) is 1. The number of aliphatic hydroxyl groups is 2. The lowest BCUT2D eigenvalue weighted by atomic mass is 10.1. The molecule has 1 aromatic heterocycles. The van der Waals surface area contributed by atoms with E-state index >= 15 is 0 Å². The third kappa shape index (κ3) is 5.00. The van der Waals surface area contributed by atoms with Crippen LogP contribution in [0.1, 0.15) is 27.7 Å². The normalized spacial score (nSPS) is 12.6. The molecule has 2 rings (SSSR count). The van der Waals surface area contributed by atoms with E-state index in [1.165, 1.54) is 36.4 Å². The first-order chi connectivity index (χ1) is 11.3. The molecule has 128 valence electrons. The molecule has 3 N–H and O–H groups in total. The van der Waals surface area contributed by atoms with Crippen LogP contribution in [-0.2, 0) is 16.6 Å². The first kappa shape index (κ1) is 18.3. The second-order valence-corrected chi connectivity index (χ2v) is 7.18. The van der Waals surface area contributed by atoms with Crippen LogP contribution in [0.15, 0.2) is 42.6 Å². The Balaban J connectivity index is 2.04. The average molecular weight is 371 g/mol. The summed E-state index contributed by atoms with van der Waals surface area (Å²) in [6.45, 7) is -0.284. The summed E-state index contributed by atoms with van der Waals surface area (Å²) in [5, 5.41) is 19.3. The lowest BCUT2D eigenvalue weighted by molar-refractivity contribution is 0.0980. The van der Waals surface area contributed by atoms with Gasteiger partial charge in [0.2, 0.25) is 10.0 Å². The number of benzene rings is 1. The summed E-state index contributed by atoms with van der Waals surface area (Å²) in [6, 6.07) is 8.81. The first-order valence-electron chi connectivity index (χ1n) is 6.85. The molecule has 2 aromatic rings. The Bertz CT molecular complexity index is 807. The second kappa shape index (κ2) is 7.71. The van der Waals surface area contributed by atoms with Gasteiger partial charge in [0, 0.05) is 11.2 Å². The molecule has 24 heavy (non-hydrogen) atoms. The summed E-state index contributed by atoms with van der Waals surface area (Å²) in [4.78, 5) is 15.7. The largest absolute Gasteiger partial charge is 0.390 e. The standard InChI is InChI=1S/C15H15ClN2O5S/c16-12-4-1-10(2-5-12)14(20)9-24(22,23)18-15(21)11-3-6-13(8-19)17-7-11/h1-7,14,19-20H,8-9H2,(H,18,21). The molecule has 0 fully saturated rings. The third-order valence-corrected chi connectivity index (χ3v) is 4.63. The van der Waals surface area contributed by atoms with Crippen molar-refractivity contribution in [2.45, 2.75) is 12.7 Å². The molecule has 1 heterocycles. The van der Waals surface area contributed by atoms with Gasteiger partial charge in [-0.2, -0.15) is 0 Å². The lowest BCUT2D eigenvalue weighted by Crippen LogP contribution is -2.34. The molecule has 0 aliphatic carbocycles. The van der Waals surface area contributed by atoms with Gasteiger partial charge in [-0.15, -0.1) is 0 Å². The van der Waals surface area contributed by atoms with Crippen molar-refractivity contribution in [2.24, 2.45) is 0 Å². The van der Waals surface area contributed by atoms with E-state index in [1.54, 1.807) is 0 Å². The number of carbonyl (C=O) groups excluding carboxylic acids is 1. The zero-order valence-corrected chi connectivity index (χ0v) is 14.0. The van der Waals surface area contributed by atoms with E-state index in [4.69, 9.17) is 16.7 Å². The Labute approximate surface area is 144 Å². The van der Waals surface area contributed by atoms with Crippen LogP contribution < -0.4 is 4.72 Å². The highest BCUT2D eigenvalue weighted by Gasteiger charge is 2.21. The van der Waals surface area contributed by atoms with Crippen molar-refractivity contribution in [1.82, 2.24) is 9.71 Å². The Kier molecular flexibility index (Phi) is 5.89. The van der Waals surface area contributed by atoms with Crippen molar-refractivity contribution in [3.63, 3.8) is 0 Å². The van der Waals surface area contributed by atoms with Gasteiger partial charge in [0.1, 0.15) is 0 Å². The number of pyridine rings is 1. The quantitative estimate of drug-likeness (QED) is 0.699. The fourth-order valence-corrected chi connectivity index (χ4v) is 3.10. The van der Waals surface area contributed by atoms with E-state index in [0.29, 0.717) is 16.3 Å². The van der Waals surface area contributed by atoms with Crippen LogP contribution in [0.4, 0.5) is 0 Å². The second-order valence-electron chi connectivity index (χ2n) is 4.98. The zero-order chi connectivity index (χ0) is 17.7. The number of aliphatic hydroxyl groups excluding tert-OH is 2. The molecule has 1 amide bonds. The number of rotatable bonds is 6. The van der Waals surface area contributed by atoms with E-state index in [-0.39, 0.29) is 12.2 Å². The van der Waals surface area contributed by atoms with Gasteiger partial charge < -0.3 is 10.2 Å². The molecular weight excluding hydrogens is 356 g/mol. The van der Waals surface area contributed by atoms with Crippen LogP contribution in [0.2, 0.25) is 5.02 Å². The number of hydrogen-bond acceptors (Lipinski definition) is 6. The number of carbonyl (C=O) groups is 1. The number of aromatic nitrogens is 1. The zero-order valence-electron chi connectivity index (χ0n) is 12.4. The fourth-order valence-electron chi connectivity index (χ4n) is 1.88. The predicted molar refractivity (Wildman–Crippen MR) is 87.8 cm³/mol. The van der Waals surface area contributed by atoms with Gasteiger partial charge in [-0.05, 0) is 29.8 Å². The molecular formula is C15H15ClN2O5S. The van der Waals surface area contributed by atoms with Gasteiger partial charge in [0.15, 0.2) is 0 Å². The van der Waals surface area contributed by atoms with E-state index in [2.05, 4.69) is 4.98 Å². The number of nitrogens with one attached hydrogen (secondary N) is 1. The third-order valence-electron chi connectivity index (χ3n) is 3.13. The summed E-state index contributed by atoms with van der Waals surface area (Å²) < 4.78 is 25.9. The molecule has 1 aromatic carbocycles. The van der Waals surface area contributed by atoms with Crippen molar-refractivity contribution in [3.05, 3.63) is 64.4 Å². The molecule has 9 heteroatoms. The molecule has 7 nitrogen and oxygen atoms in total. The monoisotopic (exact) mass is 370 g/mol. The fraction of sp³-hybridized carbons (Fsp3) is 0.200. The molecule has 0 aliphatic heterocycles. The van der Waals surface area contributed by atoms with Crippen molar-refractivity contribution in [1.29, 1.82) is 0 Å². The molecule has 0 spiro atoms.